The monoisotopic (exact) mass is 324 g/mol. The van der Waals surface area contributed by atoms with Crippen LogP contribution in [0, 0.1) is 0 Å². The van der Waals surface area contributed by atoms with Gasteiger partial charge < -0.3 is 10.1 Å². The third-order valence-electron chi connectivity index (χ3n) is 3.17. The summed E-state index contributed by atoms with van der Waals surface area (Å²) in [6, 6.07) is 9.11. The van der Waals surface area contributed by atoms with Crippen molar-refractivity contribution in [2.75, 3.05) is 13.7 Å². The molecule has 0 aliphatic rings. The molecule has 0 spiro atoms. The maximum Gasteiger partial charge on any atom is 0.142 e. The predicted molar refractivity (Wildman–Crippen MR) is 87.4 cm³/mol. The van der Waals surface area contributed by atoms with Gasteiger partial charge in [-0.15, -0.1) is 0 Å². The first-order valence-electron chi connectivity index (χ1n) is 6.84. The Morgan fingerprint density at radius 1 is 1.29 bits per heavy atom. The summed E-state index contributed by atoms with van der Waals surface area (Å²) < 4.78 is 5.42. The van der Waals surface area contributed by atoms with Crippen LogP contribution in [0.25, 0.3) is 0 Å². The Balaban J connectivity index is 2.47. The Morgan fingerprint density at radius 2 is 2.10 bits per heavy atom. The molecule has 21 heavy (non-hydrogen) atoms. The van der Waals surface area contributed by atoms with E-state index in [0.29, 0.717) is 10.0 Å². The number of nitrogens with one attached hydrogen (secondary N) is 1. The third kappa shape index (κ3) is 3.88. The molecule has 2 aromatic rings. The quantitative estimate of drug-likeness (QED) is 0.850. The zero-order valence-corrected chi connectivity index (χ0v) is 13.6. The number of rotatable bonds is 6. The van der Waals surface area contributed by atoms with E-state index < -0.39 is 0 Å². The number of pyridine rings is 1. The van der Waals surface area contributed by atoms with Crippen LogP contribution in [0.2, 0.25) is 10.0 Å². The lowest BCUT2D eigenvalue weighted by atomic mass is 10.0. The van der Waals surface area contributed by atoms with Crippen molar-refractivity contribution in [3.05, 3.63) is 57.8 Å². The van der Waals surface area contributed by atoms with E-state index in [2.05, 4.69) is 17.2 Å². The Morgan fingerprint density at radius 3 is 2.76 bits per heavy atom. The van der Waals surface area contributed by atoms with Crippen LogP contribution >= 0.6 is 23.2 Å². The Bertz CT molecular complexity index is 605. The second kappa shape index (κ2) is 7.64. The third-order valence-corrected chi connectivity index (χ3v) is 3.73. The molecule has 0 radical (unpaired) electrons. The van der Waals surface area contributed by atoms with Crippen molar-refractivity contribution >= 4 is 23.2 Å². The minimum absolute atomic E-state index is 0.133. The number of hydrogen-bond donors (Lipinski definition) is 1. The first-order chi connectivity index (χ1) is 10.2. The molecule has 0 saturated carbocycles. The van der Waals surface area contributed by atoms with E-state index in [1.807, 2.05) is 24.3 Å². The molecule has 0 amide bonds. The van der Waals surface area contributed by atoms with E-state index in [9.17, 15) is 0 Å². The average molecular weight is 325 g/mol. The lowest BCUT2D eigenvalue weighted by Crippen LogP contribution is -2.25. The minimum atomic E-state index is -0.133. The molecule has 1 aromatic heterocycles. The molecule has 1 unspecified atom stereocenters. The number of halogens is 2. The van der Waals surface area contributed by atoms with E-state index >= 15 is 0 Å². The Labute approximate surface area is 135 Å². The van der Waals surface area contributed by atoms with E-state index in [1.165, 1.54) is 0 Å². The molecule has 2 rings (SSSR count). The lowest BCUT2D eigenvalue weighted by Gasteiger charge is -2.21. The van der Waals surface area contributed by atoms with Crippen LogP contribution in [0.15, 0.2) is 36.5 Å². The topological polar surface area (TPSA) is 34.2 Å². The highest BCUT2D eigenvalue weighted by molar-refractivity contribution is 6.35. The largest absolute Gasteiger partial charge is 0.495 e. The standard InChI is InChI=1S/C16H18Cl2N2O/c1-3-8-19-15(12-7-6-11(17)10-13(12)18)16-14(21-2)5-4-9-20-16/h4-7,9-10,15,19H,3,8H2,1-2H3. The lowest BCUT2D eigenvalue weighted by molar-refractivity contribution is 0.400. The summed E-state index contributed by atoms with van der Waals surface area (Å²) in [5, 5.41) is 4.70. The summed E-state index contributed by atoms with van der Waals surface area (Å²) in [6.45, 7) is 2.96. The molecule has 5 heteroatoms. The molecule has 1 atom stereocenters. The highest BCUT2D eigenvalue weighted by Gasteiger charge is 2.21. The SMILES string of the molecule is CCCNC(c1ccc(Cl)cc1Cl)c1ncccc1OC. The smallest absolute Gasteiger partial charge is 0.142 e. The summed E-state index contributed by atoms with van der Waals surface area (Å²) in [7, 11) is 1.64. The van der Waals surface area contributed by atoms with Crippen LogP contribution < -0.4 is 10.1 Å². The summed E-state index contributed by atoms with van der Waals surface area (Å²) in [5.41, 5.74) is 1.75. The van der Waals surface area contributed by atoms with Crippen molar-refractivity contribution in [3.8, 4) is 5.75 Å². The molecule has 0 aliphatic carbocycles. The Hall–Kier alpha value is -1.29. The van der Waals surface area contributed by atoms with Crippen LogP contribution in [0.1, 0.15) is 30.6 Å². The molecule has 0 bridgehead atoms. The predicted octanol–water partition coefficient (Wildman–Crippen LogP) is 4.49. The van der Waals surface area contributed by atoms with Gasteiger partial charge in [0.1, 0.15) is 11.4 Å². The molecule has 0 aliphatic heterocycles. The zero-order valence-electron chi connectivity index (χ0n) is 12.1. The van der Waals surface area contributed by atoms with E-state index in [4.69, 9.17) is 27.9 Å². The van der Waals surface area contributed by atoms with Gasteiger partial charge in [0.05, 0.1) is 13.2 Å². The van der Waals surface area contributed by atoms with Gasteiger partial charge in [0, 0.05) is 16.2 Å². The summed E-state index contributed by atoms with van der Waals surface area (Å²) >= 11 is 12.3. The van der Waals surface area contributed by atoms with Crippen molar-refractivity contribution in [1.29, 1.82) is 0 Å². The molecule has 1 aromatic carbocycles. The van der Waals surface area contributed by atoms with Gasteiger partial charge in [0.2, 0.25) is 0 Å². The van der Waals surface area contributed by atoms with Gasteiger partial charge in [-0.1, -0.05) is 36.2 Å². The van der Waals surface area contributed by atoms with Crippen LogP contribution in [0.3, 0.4) is 0 Å². The highest BCUT2D eigenvalue weighted by Crippen LogP contribution is 2.33. The van der Waals surface area contributed by atoms with E-state index in [-0.39, 0.29) is 6.04 Å². The maximum atomic E-state index is 6.36. The summed E-state index contributed by atoms with van der Waals surface area (Å²) in [4.78, 5) is 4.46. The molecule has 1 heterocycles. The van der Waals surface area contributed by atoms with Crippen molar-refractivity contribution in [1.82, 2.24) is 10.3 Å². The normalized spacial score (nSPS) is 12.2. The van der Waals surface area contributed by atoms with Gasteiger partial charge in [-0.3, -0.25) is 4.98 Å². The number of hydrogen-bond acceptors (Lipinski definition) is 3. The zero-order chi connectivity index (χ0) is 15.2. The minimum Gasteiger partial charge on any atom is -0.495 e. The maximum absolute atomic E-state index is 6.36. The second-order valence-corrected chi connectivity index (χ2v) is 5.49. The van der Waals surface area contributed by atoms with Crippen LogP contribution in [-0.2, 0) is 0 Å². The first kappa shape index (κ1) is 16.1. The fourth-order valence-electron chi connectivity index (χ4n) is 2.17. The second-order valence-electron chi connectivity index (χ2n) is 4.64. The van der Waals surface area contributed by atoms with Crippen LogP contribution in [0.5, 0.6) is 5.75 Å². The number of nitrogens with zero attached hydrogens (tertiary/aromatic N) is 1. The molecule has 0 fully saturated rings. The number of methoxy groups -OCH3 is 1. The van der Waals surface area contributed by atoms with Crippen molar-refractivity contribution in [3.63, 3.8) is 0 Å². The van der Waals surface area contributed by atoms with E-state index in [1.54, 1.807) is 19.4 Å². The fraction of sp³-hybridized carbons (Fsp3) is 0.312. The van der Waals surface area contributed by atoms with Gasteiger partial charge in [-0.25, -0.2) is 0 Å². The van der Waals surface area contributed by atoms with Gasteiger partial charge in [-0.2, -0.15) is 0 Å². The van der Waals surface area contributed by atoms with Crippen molar-refractivity contribution in [2.45, 2.75) is 19.4 Å². The molecule has 0 saturated heterocycles. The van der Waals surface area contributed by atoms with Crippen LogP contribution in [0.4, 0.5) is 0 Å². The molecule has 3 nitrogen and oxygen atoms in total. The molecule has 112 valence electrons. The highest BCUT2D eigenvalue weighted by atomic mass is 35.5. The van der Waals surface area contributed by atoms with Crippen LogP contribution in [-0.4, -0.2) is 18.6 Å². The van der Waals surface area contributed by atoms with Crippen molar-refractivity contribution < 1.29 is 4.74 Å². The number of aromatic nitrogens is 1. The van der Waals surface area contributed by atoms with E-state index in [0.717, 1.165) is 30.0 Å². The summed E-state index contributed by atoms with van der Waals surface area (Å²) in [6.07, 6.45) is 2.76. The Kier molecular flexibility index (Phi) is 5.85. The van der Waals surface area contributed by atoms with Gasteiger partial charge in [0.25, 0.3) is 0 Å². The number of ether oxygens (including phenoxy) is 1. The summed E-state index contributed by atoms with van der Waals surface area (Å²) in [5.74, 6) is 0.733. The van der Waals surface area contributed by atoms with Gasteiger partial charge >= 0.3 is 0 Å². The van der Waals surface area contributed by atoms with Gasteiger partial charge in [-0.05, 0) is 42.8 Å². The fourth-order valence-corrected chi connectivity index (χ4v) is 2.69. The molecule has 1 N–H and O–H groups in total. The number of benzene rings is 1. The molecular weight excluding hydrogens is 307 g/mol. The molecular formula is C16H18Cl2N2O. The van der Waals surface area contributed by atoms with Crippen molar-refractivity contribution in [2.24, 2.45) is 0 Å². The first-order valence-corrected chi connectivity index (χ1v) is 7.60. The average Bonchev–Trinajstić information content (AvgIpc) is 2.49. The van der Waals surface area contributed by atoms with Gasteiger partial charge in [0.15, 0.2) is 0 Å².